The maximum Gasteiger partial charge on any atom is 0.254 e. The van der Waals surface area contributed by atoms with Gasteiger partial charge in [0.05, 0.1) is 12.2 Å². The summed E-state index contributed by atoms with van der Waals surface area (Å²) in [6.07, 6.45) is 0. The Kier molecular flexibility index (Phi) is 7.21. The lowest BCUT2D eigenvalue weighted by Gasteiger charge is -2.26. The number of hydrogen-bond acceptors (Lipinski definition) is 4. The maximum absolute atomic E-state index is 13.2. The fourth-order valence-electron chi connectivity index (χ4n) is 3.14. The molecule has 4 nitrogen and oxygen atoms in total. The summed E-state index contributed by atoms with van der Waals surface area (Å²) in [6.45, 7) is 8.99. The van der Waals surface area contributed by atoms with Crippen molar-refractivity contribution in [2.75, 3.05) is 0 Å². The van der Waals surface area contributed by atoms with Gasteiger partial charge in [-0.2, -0.15) is 0 Å². The fourth-order valence-corrected chi connectivity index (χ4v) is 3.83. The van der Waals surface area contributed by atoms with Gasteiger partial charge in [0.1, 0.15) is 23.2 Å². The Morgan fingerprint density at radius 1 is 1.10 bits per heavy atom. The average molecular weight is 427 g/mol. The fraction of sp³-hybridized carbons (Fsp3) is 0.333. The second-order valence-corrected chi connectivity index (χ2v) is 8.69. The number of aromatic nitrogens is 1. The SMILES string of the molecule is CC(C)c1ccccc1OCc1nc(CN(C(=O)c2ccc(F)cc2)C(C)C)cs1. The van der Waals surface area contributed by atoms with Crippen molar-refractivity contribution in [1.82, 2.24) is 9.88 Å². The van der Waals surface area contributed by atoms with E-state index in [-0.39, 0.29) is 17.8 Å². The van der Waals surface area contributed by atoms with Gasteiger partial charge in [-0.3, -0.25) is 4.79 Å². The van der Waals surface area contributed by atoms with Crippen LogP contribution in [-0.2, 0) is 13.2 Å². The van der Waals surface area contributed by atoms with Crippen LogP contribution in [0.2, 0.25) is 0 Å². The van der Waals surface area contributed by atoms with Gasteiger partial charge in [0.15, 0.2) is 0 Å². The molecule has 0 atom stereocenters. The van der Waals surface area contributed by atoms with Gasteiger partial charge in [-0.15, -0.1) is 11.3 Å². The van der Waals surface area contributed by atoms with Crippen molar-refractivity contribution in [2.24, 2.45) is 0 Å². The normalized spacial score (nSPS) is 11.2. The molecular formula is C24H27FN2O2S. The molecule has 0 bridgehead atoms. The van der Waals surface area contributed by atoms with Crippen molar-refractivity contribution >= 4 is 17.2 Å². The first-order valence-corrected chi connectivity index (χ1v) is 10.9. The van der Waals surface area contributed by atoms with Gasteiger partial charge in [-0.25, -0.2) is 9.37 Å². The number of benzene rings is 2. The van der Waals surface area contributed by atoms with Gasteiger partial charge in [0.2, 0.25) is 0 Å². The first-order chi connectivity index (χ1) is 14.3. The van der Waals surface area contributed by atoms with Crippen molar-refractivity contribution in [2.45, 2.75) is 52.8 Å². The van der Waals surface area contributed by atoms with Crippen molar-refractivity contribution in [3.8, 4) is 5.75 Å². The summed E-state index contributed by atoms with van der Waals surface area (Å²) >= 11 is 1.52. The Morgan fingerprint density at radius 2 is 1.80 bits per heavy atom. The second kappa shape index (κ2) is 9.85. The Morgan fingerprint density at radius 3 is 2.47 bits per heavy atom. The van der Waals surface area contributed by atoms with E-state index >= 15 is 0 Å². The Labute approximate surface area is 181 Å². The third-order valence-electron chi connectivity index (χ3n) is 4.80. The van der Waals surface area contributed by atoms with Crippen LogP contribution in [0.15, 0.2) is 53.9 Å². The molecule has 1 aromatic heterocycles. The zero-order valence-corrected chi connectivity index (χ0v) is 18.6. The molecule has 1 heterocycles. The number of ether oxygens (including phenoxy) is 1. The quantitative estimate of drug-likeness (QED) is 0.441. The molecule has 0 aliphatic carbocycles. The highest BCUT2D eigenvalue weighted by atomic mass is 32.1. The van der Waals surface area contributed by atoms with E-state index in [2.05, 4.69) is 24.9 Å². The lowest BCUT2D eigenvalue weighted by Crippen LogP contribution is -2.36. The summed E-state index contributed by atoms with van der Waals surface area (Å²) in [5.41, 5.74) is 2.46. The second-order valence-electron chi connectivity index (χ2n) is 7.75. The van der Waals surface area contributed by atoms with Gasteiger partial charge in [-0.05, 0) is 55.7 Å². The number of hydrogen-bond donors (Lipinski definition) is 0. The van der Waals surface area contributed by atoms with E-state index in [4.69, 9.17) is 4.74 Å². The molecule has 0 aliphatic rings. The molecule has 158 valence electrons. The number of nitrogens with zero attached hydrogens (tertiary/aromatic N) is 2. The van der Waals surface area contributed by atoms with Crippen LogP contribution in [-0.4, -0.2) is 21.8 Å². The lowest BCUT2D eigenvalue weighted by atomic mass is 10.0. The largest absolute Gasteiger partial charge is 0.486 e. The molecule has 0 saturated carbocycles. The highest BCUT2D eigenvalue weighted by Gasteiger charge is 2.20. The molecule has 0 unspecified atom stereocenters. The van der Waals surface area contributed by atoms with E-state index in [1.807, 2.05) is 37.4 Å². The van der Waals surface area contributed by atoms with E-state index in [9.17, 15) is 9.18 Å². The zero-order chi connectivity index (χ0) is 21.7. The third-order valence-corrected chi connectivity index (χ3v) is 5.67. The number of thiazole rings is 1. The number of para-hydroxylation sites is 1. The van der Waals surface area contributed by atoms with E-state index in [0.29, 0.717) is 24.6 Å². The summed E-state index contributed by atoms with van der Waals surface area (Å²) in [5, 5.41) is 2.82. The van der Waals surface area contributed by atoms with E-state index in [1.165, 1.54) is 41.2 Å². The predicted molar refractivity (Wildman–Crippen MR) is 118 cm³/mol. The minimum absolute atomic E-state index is 0.0122. The van der Waals surface area contributed by atoms with Crippen molar-refractivity contribution < 1.29 is 13.9 Å². The summed E-state index contributed by atoms with van der Waals surface area (Å²) in [7, 11) is 0. The summed E-state index contributed by atoms with van der Waals surface area (Å²) in [5.74, 6) is 0.761. The Hall–Kier alpha value is -2.73. The molecule has 3 aromatic rings. The number of rotatable bonds is 8. The van der Waals surface area contributed by atoms with Crippen molar-refractivity contribution in [1.29, 1.82) is 0 Å². The van der Waals surface area contributed by atoms with Crippen LogP contribution in [0.25, 0.3) is 0 Å². The monoisotopic (exact) mass is 426 g/mol. The van der Waals surface area contributed by atoms with Gasteiger partial charge in [-0.1, -0.05) is 32.0 Å². The first kappa shape index (κ1) is 22.0. The maximum atomic E-state index is 13.2. The van der Waals surface area contributed by atoms with Gasteiger partial charge < -0.3 is 9.64 Å². The van der Waals surface area contributed by atoms with Crippen LogP contribution >= 0.6 is 11.3 Å². The molecule has 6 heteroatoms. The molecule has 0 saturated heterocycles. The predicted octanol–water partition coefficient (Wildman–Crippen LogP) is 6.04. The standard InChI is InChI=1S/C24H27FN2O2S/c1-16(2)21-7-5-6-8-22(21)29-14-23-26-20(15-30-23)13-27(17(3)4)24(28)18-9-11-19(25)12-10-18/h5-12,15-17H,13-14H2,1-4H3. The molecule has 0 radical (unpaired) electrons. The summed E-state index contributed by atoms with van der Waals surface area (Å²) in [4.78, 5) is 19.3. The van der Waals surface area contributed by atoms with Gasteiger partial charge in [0, 0.05) is 17.0 Å². The zero-order valence-electron chi connectivity index (χ0n) is 17.8. The van der Waals surface area contributed by atoms with Crippen LogP contribution in [0.3, 0.4) is 0 Å². The Bertz CT molecular complexity index is 983. The van der Waals surface area contributed by atoms with Crippen LogP contribution in [0.1, 0.15) is 60.2 Å². The van der Waals surface area contributed by atoms with E-state index in [0.717, 1.165) is 16.5 Å². The lowest BCUT2D eigenvalue weighted by molar-refractivity contribution is 0.0688. The molecule has 0 N–H and O–H groups in total. The molecule has 3 rings (SSSR count). The van der Waals surface area contributed by atoms with Crippen LogP contribution in [0.5, 0.6) is 5.75 Å². The van der Waals surface area contributed by atoms with Gasteiger partial charge >= 0.3 is 0 Å². The third kappa shape index (κ3) is 5.45. The van der Waals surface area contributed by atoms with E-state index < -0.39 is 0 Å². The minimum Gasteiger partial charge on any atom is -0.486 e. The number of carbonyl (C=O) groups excluding carboxylic acids is 1. The average Bonchev–Trinajstić information content (AvgIpc) is 3.18. The number of amides is 1. The summed E-state index contributed by atoms with van der Waals surface area (Å²) in [6, 6.07) is 13.7. The van der Waals surface area contributed by atoms with E-state index in [1.54, 1.807) is 4.90 Å². The smallest absolute Gasteiger partial charge is 0.254 e. The van der Waals surface area contributed by atoms with Crippen LogP contribution in [0, 0.1) is 5.82 Å². The van der Waals surface area contributed by atoms with Crippen molar-refractivity contribution in [3.05, 3.63) is 81.6 Å². The highest BCUT2D eigenvalue weighted by molar-refractivity contribution is 7.09. The van der Waals surface area contributed by atoms with Gasteiger partial charge in [0.25, 0.3) is 5.91 Å². The molecule has 30 heavy (non-hydrogen) atoms. The highest BCUT2D eigenvalue weighted by Crippen LogP contribution is 2.27. The van der Waals surface area contributed by atoms with Crippen molar-refractivity contribution in [3.63, 3.8) is 0 Å². The number of halogens is 1. The molecule has 1 amide bonds. The Balaban J connectivity index is 1.67. The molecule has 0 spiro atoms. The minimum atomic E-state index is -0.356. The topological polar surface area (TPSA) is 42.4 Å². The number of carbonyl (C=O) groups is 1. The molecule has 0 fully saturated rings. The van der Waals surface area contributed by atoms with Crippen LogP contribution < -0.4 is 4.74 Å². The van der Waals surface area contributed by atoms with Crippen LogP contribution in [0.4, 0.5) is 4.39 Å². The molecule has 0 aliphatic heterocycles. The summed E-state index contributed by atoms with van der Waals surface area (Å²) < 4.78 is 19.2. The first-order valence-electron chi connectivity index (χ1n) is 10.1. The molecular weight excluding hydrogens is 399 g/mol. The molecule has 2 aromatic carbocycles.